The van der Waals surface area contributed by atoms with Crippen LogP contribution < -0.4 is 21.1 Å². The van der Waals surface area contributed by atoms with Gasteiger partial charge in [-0.05, 0) is 49.4 Å². The highest BCUT2D eigenvalue weighted by atomic mass is 19.1. The number of ketones is 1. The molecule has 0 spiro atoms. The zero-order chi connectivity index (χ0) is 24.0. The Bertz CT molecular complexity index is 727. The van der Waals surface area contributed by atoms with Crippen molar-refractivity contribution in [1.29, 1.82) is 0 Å². The molecule has 0 unspecified atom stereocenters. The van der Waals surface area contributed by atoms with Crippen LogP contribution in [0.2, 0.25) is 0 Å². The van der Waals surface area contributed by atoms with Gasteiger partial charge in [0.25, 0.3) is 0 Å². The Balaban J connectivity index is 0.00000161. The van der Waals surface area contributed by atoms with Crippen molar-refractivity contribution in [2.24, 2.45) is 11.1 Å². The van der Waals surface area contributed by atoms with Crippen molar-refractivity contribution in [3.8, 4) is 5.75 Å². The molecule has 1 aromatic carbocycles. The molecule has 0 saturated carbocycles. The number of ether oxygens (including phenoxy) is 1. The standard InChI is InChI=1S/C20H31N3O3.C3H5FO/c1-6-17(21)19(25)23-15(13-20(2,3)4)9-12-18(24)22-14-7-10-16(26-5)11-8-14;1-3(5)2-4/h7-12,15,17H,6,13,21H2,1-5H3,(H,22,24)(H,23,25);2H2,1H3/b12-9+;/t15-,17+;/m1./s1. The molecule has 0 heterocycles. The summed E-state index contributed by atoms with van der Waals surface area (Å²) in [6, 6.07) is 6.27. The number of nitrogens with one attached hydrogen (secondary N) is 2. The molecule has 0 aliphatic rings. The largest absolute Gasteiger partial charge is 0.497 e. The lowest BCUT2D eigenvalue weighted by Gasteiger charge is -2.25. The lowest BCUT2D eigenvalue weighted by molar-refractivity contribution is -0.123. The first-order valence-electron chi connectivity index (χ1n) is 10.2. The van der Waals surface area contributed by atoms with Crippen molar-refractivity contribution in [3.05, 3.63) is 36.4 Å². The van der Waals surface area contributed by atoms with Gasteiger partial charge in [-0.1, -0.05) is 33.8 Å². The summed E-state index contributed by atoms with van der Waals surface area (Å²) in [7, 11) is 1.59. The number of methoxy groups -OCH3 is 1. The second-order valence-corrected chi connectivity index (χ2v) is 8.31. The molecular weight excluding hydrogens is 401 g/mol. The Morgan fingerprint density at radius 2 is 1.74 bits per heavy atom. The van der Waals surface area contributed by atoms with E-state index in [9.17, 15) is 18.8 Å². The number of halogens is 1. The van der Waals surface area contributed by atoms with Gasteiger partial charge in [0.05, 0.1) is 13.2 Å². The molecule has 0 saturated heterocycles. The fourth-order valence-electron chi connectivity index (χ4n) is 2.36. The highest BCUT2D eigenvalue weighted by molar-refractivity contribution is 5.99. The van der Waals surface area contributed by atoms with Gasteiger partial charge >= 0.3 is 0 Å². The van der Waals surface area contributed by atoms with Crippen LogP contribution in [-0.2, 0) is 14.4 Å². The molecular formula is C23H36FN3O4. The fraction of sp³-hybridized carbons (Fsp3) is 0.522. The number of Topliss-reactive ketones (excluding diaryl/α,β-unsaturated/α-hetero) is 1. The first-order chi connectivity index (χ1) is 14.4. The zero-order valence-corrected chi connectivity index (χ0v) is 19.3. The molecule has 0 aromatic heterocycles. The van der Waals surface area contributed by atoms with Gasteiger partial charge in [-0.2, -0.15) is 0 Å². The van der Waals surface area contributed by atoms with Gasteiger partial charge in [-0.3, -0.25) is 14.4 Å². The van der Waals surface area contributed by atoms with E-state index < -0.39 is 18.5 Å². The van der Waals surface area contributed by atoms with Crippen LogP contribution in [0.1, 0.15) is 47.5 Å². The number of nitrogens with two attached hydrogens (primary N) is 1. The summed E-state index contributed by atoms with van der Waals surface area (Å²) in [4.78, 5) is 33.7. The van der Waals surface area contributed by atoms with Crippen LogP contribution in [0.15, 0.2) is 36.4 Å². The number of hydrogen-bond donors (Lipinski definition) is 3. The van der Waals surface area contributed by atoms with Crippen LogP contribution in [0.4, 0.5) is 10.1 Å². The summed E-state index contributed by atoms with van der Waals surface area (Å²) in [5, 5.41) is 5.69. The number of rotatable bonds is 9. The summed E-state index contributed by atoms with van der Waals surface area (Å²) < 4.78 is 15.9. The maximum atomic E-state index is 12.1. The second-order valence-electron chi connectivity index (χ2n) is 8.31. The Kier molecular flexibility index (Phi) is 13.0. The Morgan fingerprint density at radius 1 is 1.19 bits per heavy atom. The minimum absolute atomic E-state index is 0.00887. The van der Waals surface area contributed by atoms with E-state index in [2.05, 4.69) is 31.4 Å². The summed E-state index contributed by atoms with van der Waals surface area (Å²) >= 11 is 0. The predicted molar refractivity (Wildman–Crippen MR) is 122 cm³/mol. The molecule has 0 bridgehead atoms. The number of anilines is 1. The van der Waals surface area contributed by atoms with Crippen molar-refractivity contribution in [3.63, 3.8) is 0 Å². The minimum atomic E-state index is -0.833. The van der Waals surface area contributed by atoms with E-state index in [0.29, 0.717) is 18.5 Å². The lowest BCUT2D eigenvalue weighted by Crippen LogP contribution is -2.45. The van der Waals surface area contributed by atoms with Crippen molar-refractivity contribution in [2.75, 3.05) is 19.1 Å². The third-order valence-electron chi connectivity index (χ3n) is 3.96. The summed E-state index contributed by atoms with van der Waals surface area (Å²) in [6.45, 7) is 8.48. The molecule has 0 radical (unpaired) electrons. The Morgan fingerprint density at radius 3 is 2.16 bits per heavy atom. The van der Waals surface area contributed by atoms with Gasteiger partial charge in [-0.15, -0.1) is 0 Å². The first-order valence-corrected chi connectivity index (χ1v) is 10.2. The maximum Gasteiger partial charge on any atom is 0.248 e. The summed E-state index contributed by atoms with van der Waals surface area (Å²) in [5.74, 6) is -0.158. The summed E-state index contributed by atoms with van der Waals surface area (Å²) in [5.41, 5.74) is 6.45. The monoisotopic (exact) mass is 437 g/mol. The van der Waals surface area contributed by atoms with Crippen LogP contribution >= 0.6 is 0 Å². The molecule has 0 aliphatic heterocycles. The number of hydrogen-bond acceptors (Lipinski definition) is 5. The molecule has 4 N–H and O–H groups in total. The van der Waals surface area contributed by atoms with Crippen molar-refractivity contribution in [2.45, 2.75) is 59.5 Å². The third kappa shape index (κ3) is 14.0. The number of amides is 2. The van der Waals surface area contributed by atoms with Gasteiger partial charge in [0, 0.05) is 17.8 Å². The molecule has 1 rings (SSSR count). The highest BCUT2D eigenvalue weighted by Crippen LogP contribution is 2.21. The van der Waals surface area contributed by atoms with Crippen molar-refractivity contribution in [1.82, 2.24) is 5.32 Å². The Hall–Kier alpha value is -2.74. The van der Waals surface area contributed by atoms with E-state index in [1.54, 1.807) is 37.5 Å². The smallest absolute Gasteiger partial charge is 0.248 e. The zero-order valence-electron chi connectivity index (χ0n) is 19.3. The molecule has 2 atom stereocenters. The molecule has 8 heteroatoms. The van der Waals surface area contributed by atoms with E-state index in [1.165, 1.54) is 13.0 Å². The molecule has 0 fully saturated rings. The fourth-order valence-corrected chi connectivity index (χ4v) is 2.36. The number of benzene rings is 1. The SMILES string of the molecule is CC(=O)CF.CC[C@H](N)C(=O)N[C@H](/C=C/C(=O)Nc1ccc(OC)cc1)CC(C)(C)C. The van der Waals surface area contributed by atoms with Crippen LogP contribution in [0, 0.1) is 5.41 Å². The quantitative estimate of drug-likeness (QED) is 0.513. The minimum Gasteiger partial charge on any atom is -0.497 e. The molecule has 0 aliphatic carbocycles. The van der Waals surface area contributed by atoms with E-state index in [4.69, 9.17) is 10.5 Å². The maximum absolute atomic E-state index is 12.1. The first kappa shape index (κ1) is 28.3. The van der Waals surface area contributed by atoms with Gasteiger partial charge in [0.15, 0.2) is 5.78 Å². The Labute approximate surface area is 184 Å². The molecule has 174 valence electrons. The van der Waals surface area contributed by atoms with Gasteiger partial charge in [-0.25, -0.2) is 4.39 Å². The van der Waals surface area contributed by atoms with Crippen molar-refractivity contribution >= 4 is 23.3 Å². The topological polar surface area (TPSA) is 111 Å². The lowest BCUT2D eigenvalue weighted by atomic mass is 9.87. The summed E-state index contributed by atoms with van der Waals surface area (Å²) in [6.07, 6.45) is 4.42. The second kappa shape index (κ2) is 14.3. The average Bonchev–Trinajstić information content (AvgIpc) is 2.71. The van der Waals surface area contributed by atoms with E-state index in [-0.39, 0.29) is 23.3 Å². The molecule has 1 aromatic rings. The van der Waals surface area contributed by atoms with Gasteiger partial charge < -0.3 is 21.1 Å². The van der Waals surface area contributed by atoms with E-state index in [0.717, 1.165) is 5.75 Å². The number of alkyl halides is 1. The van der Waals surface area contributed by atoms with Gasteiger partial charge in [0.1, 0.15) is 12.4 Å². The van der Waals surface area contributed by atoms with Crippen molar-refractivity contribution < 1.29 is 23.5 Å². The number of carbonyl (C=O) groups excluding carboxylic acids is 3. The molecule has 31 heavy (non-hydrogen) atoms. The normalized spacial score (nSPS) is 12.9. The average molecular weight is 438 g/mol. The van der Waals surface area contributed by atoms with Crippen LogP contribution in [0.5, 0.6) is 5.75 Å². The number of carbonyl (C=O) groups is 3. The van der Waals surface area contributed by atoms with Gasteiger partial charge in [0.2, 0.25) is 11.8 Å². The highest BCUT2D eigenvalue weighted by Gasteiger charge is 2.21. The van der Waals surface area contributed by atoms with E-state index in [1.807, 2.05) is 6.92 Å². The third-order valence-corrected chi connectivity index (χ3v) is 3.96. The molecule has 2 amide bonds. The predicted octanol–water partition coefficient (Wildman–Crippen LogP) is 3.39. The van der Waals surface area contributed by atoms with Crippen LogP contribution in [-0.4, -0.2) is 43.5 Å². The van der Waals surface area contributed by atoms with E-state index >= 15 is 0 Å². The van der Waals surface area contributed by atoms with Crippen LogP contribution in [0.3, 0.4) is 0 Å². The van der Waals surface area contributed by atoms with Crippen LogP contribution in [0.25, 0.3) is 0 Å². The molecule has 7 nitrogen and oxygen atoms in total.